The second-order valence-corrected chi connectivity index (χ2v) is 8.26. The number of hydrogen-bond donors (Lipinski definition) is 1. The fourth-order valence-corrected chi connectivity index (χ4v) is 4.40. The zero-order chi connectivity index (χ0) is 23.8. The van der Waals surface area contributed by atoms with Crippen molar-refractivity contribution >= 4 is 23.1 Å². The molecule has 2 aromatic heterocycles. The third-order valence-corrected chi connectivity index (χ3v) is 6.27. The fraction of sp³-hybridized carbons (Fsp3) is 0.391. The van der Waals surface area contributed by atoms with Crippen LogP contribution in [-0.4, -0.2) is 89.5 Å². The minimum absolute atomic E-state index is 0.0576. The number of methoxy groups -OCH3 is 1. The van der Waals surface area contributed by atoms with Gasteiger partial charge in [-0.05, 0) is 23.8 Å². The van der Waals surface area contributed by atoms with Gasteiger partial charge < -0.3 is 19.7 Å². The van der Waals surface area contributed by atoms with Gasteiger partial charge in [-0.1, -0.05) is 0 Å². The average Bonchev–Trinajstić information content (AvgIpc) is 3.41. The summed E-state index contributed by atoms with van der Waals surface area (Å²) < 4.78 is 13.0. The molecule has 0 aliphatic carbocycles. The van der Waals surface area contributed by atoms with Crippen LogP contribution in [0.15, 0.2) is 36.7 Å². The van der Waals surface area contributed by atoms with Crippen molar-refractivity contribution in [2.24, 2.45) is 0 Å². The summed E-state index contributed by atoms with van der Waals surface area (Å²) in [5, 5.41) is 8.92. The standard InChI is InChI=1S/C23H26N6O5/c1-27(33-3)22(30)15-8-14-9-16(10-15)24-5-7-28-17(11-19(32-2)23(28)31)13-34-20-4-6-29-21(26-20)18(14)12-25-29/h4,6,8-10,12,17,19,24H,5,7,11,13H2,1-3H3/t17-,19+/m0/s1. The SMILES string of the molecule is CO[C@@H]1C[C@H]2COc3ccn4ncc(c4n3)-c3cc(cc(C(=O)N(C)OC)c3)NCCN2C1=O. The highest BCUT2D eigenvalue weighted by Gasteiger charge is 2.39. The highest BCUT2D eigenvalue weighted by molar-refractivity contribution is 5.96. The molecule has 2 amide bonds. The Kier molecular flexibility index (Phi) is 5.80. The molecule has 4 heterocycles. The first-order valence-corrected chi connectivity index (χ1v) is 11.0. The lowest BCUT2D eigenvalue weighted by atomic mass is 10.0. The van der Waals surface area contributed by atoms with Gasteiger partial charge in [0, 0.05) is 62.7 Å². The maximum atomic E-state index is 12.9. The first-order valence-electron chi connectivity index (χ1n) is 11.0. The van der Waals surface area contributed by atoms with Crippen LogP contribution < -0.4 is 10.1 Å². The number of hydrogen-bond acceptors (Lipinski definition) is 8. The maximum Gasteiger partial charge on any atom is 0.277 e. The van der Waals surface area contributed by atoms with E-state index < -0.39 is 6.10 Å². The Morgan fingerprint density at radius 1 is 1.29 bits per heavy atom. The number of nitrogens with one attached hydrogen (secondary N) is 1. The highest BCUT2D eigenvalue weighted by Crippen LogP contribution is 2.30. The molecule has 2 atom stereocenters. The molecule has 0 radical (unpaired) electrons. The molecule has 11 heteroatoms. The summed E-state index contributed by atoms with van der Waals surface area (Å²) in [4.78, 5) is 37.2. The Bertz CT molecular complexity index is 1240. The van der Waals surface area contributed by atoms with Crippen molar-refractivity contribution < 1.29 is 23.9 Å². The normalized spacial score (nSPS) is 20.0. The highest BCUT2D eigenvalue weighted by atomic mass is 16.7. The summed E-state index contributed by atoms with van der Waals surface area (Å²) in [5.41, 5.74) is 3.30. The van der Waals surface area contributed by atoms with Gasteiger partial charge in [-0.25, -0.2) is 9.58 Å². The van der Waals surface area contributed by atoms with Gasteiger partial charge in [0.05, 0.1) is 19.3 Å². The molecule has 1 saturated heterocycles. The van der Waals surface area contributed by atoms with Crippen molar-refractivity contribution in [1.82, 2.24) is 24.6 Å². The second kappa shape index (κ2) is 8.92. The van der Waals surface area contributed by atoms with E-state index in [0.717, 1.165) is 16.8 Å². The molecule has 0 saturated carbocycles. The molecule has 0 spiro atoms. The molecule has 0 unspecified atom stereocenters. The Labute approximate surface area is 196 Å². The van der Waals surface area contributed by atoms with Crippen LogP contribution in [0.2, 0.25) is 0 Å². The summed E-state index contributed by atoms with van der Waals surface area (Å²) in [7, 11) is 4.54. The average molecular weight is 466 g/mol. The fourth-order valence-electron chi connectivity index (χ4n) is 4.40. The van der Waals surface area contributed by atoms with Crippen molar-refractivity contribution in [3.05, 3.63) is 42.2 Å². The van der Waals surface area contributed by atoms with E-state index >= 15 is 0 Å². The molecule has 1 fully saturated rings. The first-order chi connectivity index (χ1) is 16.5. The molecular formula is C23H26N6O5. The van der Waals surface area contributed by atoms with E-state index in [1.165, 1.54) is 12.2 Å². The number of carbonyl (C=O) groups is 2. The van der Waals surface area contributed by atoms with Crippen LogP contribution in [0, 0.1) is 0 Å². The number of carbonyl (C=O) groups excluding carboxylic acids is 2. The van der Waals surface area contributed by atoms with Gasteiger partial charge >= 0.3 is 0 Å². The molecule has 2 aliphatic heterocycles. The van der Waals surface area contributed by atoms with Gasteiger partial charge in [-0.3, -0.25) is 14.4 Å². The van der Waals surface area contributed by atoms with E-state index in [-0.39, 0.29) is 17.9 Å². The molecule has 1 aromatic carbocycles. The number of amides is 2. The number of hydroxylamine groups is 2. The zero-order valence-electron chi connectivity index (χ0n) is 19.2. The molecule has 178 valence electrons. The number of benzene rings is 1. The van der Waals surface area contributed by atoms with Gasteiger partial charge in [0.15, 0.2) is 5.65 Å². The predicted octanol–water partition coefficient (Wildman–Crippen LogP) is 1.45. The quantitative estimate of drug-likeness (QED) is 0.578. The van der Waals surface area contributed by atoms with Crippen LogP contribution in [0.3, 0.4) is 0 Å². The van der Waals surface area contributed by atoms with Gasteiger partial charge in [-0.15, -0.1) is 0 Å². The number of ether oxygens (including phenoxy) is 2. The number of nitrogens with zero attached hydrogens (tertiary/aromatic N) is 5. The predicted molar refractivity (Wildman–Crippen MR) is 122 cm³/mol. The Morgan fingerprint density at radius 3 is 2.94 bits per heavy atom. The lowest BCUT2D eigenvalue weighted by Crippen LogP contribution is -2.41. The number of aromatic nitrogens is 3. The van der Waals surface area contributed by atoms with Crippen molar-refractivity contribution in [2.75, 3.05) is 46.3 Å². The van der Waals surface area contributed by atoms with Crippen LogP contribution in [-0.2, 0) is 14.4 Å². The molecule has 1 N–H and O–H groups in total. The van der Waals surface area contributed by atoms with Crippen LogP contribution in [0.1, 0.15) is 16.8 Å². The van der Waals surface area contributed by atoms with E-state index in [9.17, 15) is 9.59 Å². The summed E-state index contributed by atoms with van der Waals surface area (Å²) in [6.07, 6.45) is 3.55. The van der Waals surface area contributed by atoms with Gasteiger partial charge in [0.1, 0.15) is 12.7 Å². The lowest BCUT2D eigenvalue weighted by Gasteiger charge is -2.25. The molecule has 34 heavy (non-hydrogen) atoms. The lowest BCUT2D eigenvalue weighted by molar-refractivity contribution is -0.136. The number of anilines is 1. The Balaban J connectivity index is 1.59. The molecule has 2 aliphatic rings. The van der Waals surface area contributed by atoms with Gasteiger partial charge in [0.25, 0.3) is 11.8 Å². The van der Waals surface area contributed by atoms with Crippen LogP contribution >= 0.6 is 0 Å². The topological polar surface area (TPSA) is 111 Å². The first kappa shape index (κ1) is 22.1. The minimum atomic E-state index is -0.488. The van der Waals surface area contributed by atoms with Crippen molar-refractivity contribution in [2.45, 2.75) is 18.6 Å². The molecule has 4 bridgehead atoms. The molecule has 5 rings (SSSR count). The van der Waals surface area contributed by atoms with Crippen molar-refractivity contribution in [1.29, 1.82) is 0 Å². The maximum absolute atomic E-state index is 12.9. The molecule has 3 aromatic rings. The van der Waals surface area contributed by atoms with Crippen molar-refractivity contribution in [3.8, 4) is 17.0 Å². The summed E-state index contributed by atoms with van der Waals surface area (Å²) in [6.45, 7) is 1.26. The van der Waals surface area contributed by atoms with Crippen molar-refractivity contribution in [3.63, 3.8) is 0 Å². The zero-order valence-corrected chi connectivity index (χ0v) is 19.2. The van der Waals surface area contributed by atoms with Crippen LogP contribution in [0.25, 0.3) is 16.8 Å². The summed E-state index contributed by atoms with van der Waals surface area (Å²) >= 11 is 0. The minimum Gasteiger partial charge on any atom is -0.475 e. The molecule has 11 nitrogen and oxygen atoms in total. The second-order valence-electron chi connectivity index (χ2n) is 8.26. The van der Waals surface area contributed by atoms with E-state index in [0.29, 0.717) is 43.2 Å². The van der Waals surface area contributed by atoms with Crippen LogP contribution in [0.4, 0.5) is 5.69 Å². The monoisotopic (exact) mass is 466 g/mol. The summed E-state index contributed by atoms with van der Waals surface area (Å²) in [5.74, 6) is 0.0850. The number of rotatable bonds is 3. The van der Waals surface area contributed by atoms with Gasteiger partial charge in [0.2, 0.25) is 5.88 Å². The van der Waals surface area contributed by atoms with E-state index in [2.05, 4.69) is 15.4 Å². The van der Waals surface area contributed by atoms with E-state index in [1.807, 2.05) is 6.07 Å². The third-order valence-electron chi connectivity index (χ3n) is 6.27. The van der Waals surface area contributed by atoms with E-state index in [1.54, 1.807) is 54.2 Å². The van der Waals surface area contributed by atoms with Gasteiger partial charge in [-0.2, -0.15) is 10.1 Å². The smallest absolute Gasteiger partial charge is 0.277 e. The largest absolute Gasteiger partial charge is 0.475 e. The Hall–Kier alpha value is -3.70. The number of fused-ring (bicyclic) bond motifs is 5. The van der Waals surface area contributed by atoms with Crippen LogP contribution in [0.5, 0.6) is 5.88 Å². The molecular weight excluding hydrogens is 440 g/mol. The third kappa shape index (κ3) is 3.93. The Morgan fingerprint density at radius 2 is 2.15 bits per heavy atom. The van der Waals surface area contributed by atoms with E-state index in [4.69, 9.17) is 14.3 Å². The summed E-state index contributed by atoms with van der Waals surface area (Å²) in [6, 6.07) is 7.09.